The van der Waals surface area contributed by atoms with Crippen LogP contribution in [0.2, 0.25) is 0 Å². The average Bonchev–Trinajstić information content (AvgIpc) is 2.79. The highest BCUT2D eigenvalue weighted by atomic mass is 16.7. The molecule has 0 spiro atoms. The minimum atomic E-state index is -0.890. The van der Waals surface area contributed by atoms with Gasteiger partial charge in [-0.2, -0.15) is 0 Å². The third-order valence-electron chi connectivity index (χ3n) is 5.13. The first-order valence-electron chi connectivity index (χ1n) is 10.9. The zero-order valence-electron chi connectivity index (χ0n) is 18.9. The minimum Gasteiger partial charge on any atom is -0.462 e. The summed E-state index contributed by atoms with van der Waals surface area (Å²) in [5, 5.41) is 10.9. The summed E-state index contributed by atoms with van der Waals surface area (Å²) >= 11 is 0. The van der Waals surface area contributed by atoms with Crippen molar-refractivity contribution in [2.75, 3.05) is 6.61 Å². The Kier molecular flexibility index (Phi) is 8.76. The molecule has 0 radical (unpaired) electrons. The third kappa shape index (κ3) is 6.74. The van der Waals surface area contributed by atoms with Gasteiger partial charge in [0.05, 0.1) is 17.6 Å². The lowest BCUT2D eigenvalue weighted by molar-refractivity contribution is -0.384. The third-order valence-corrected chi connectivity index (χ3v) is 5.13. The summed E-state index contributed by atoms with van der Waals surface area (Å²) < 4.78 is 29.9. The first-order valence-corrected chi connectivity index (χ1v) is 10.9. The Hall–Kier alpha value is -3.01. The van der Waals surface area contributed by atoms with Crippen molar-refractivity contribution in [1.82, 2.24) is 0 Å². The summed E-state index contributed by atoms with van der Waals surface area (Å²) in [6, 6.07) is 15.3. The molecule has 0 unspecified atom stereocenters. The average molecular weight is 459 g/mol. The van der Waals surface area contributed by atoms with Gasteiger partial charge in [0.15, 0.2) is 6.10 Å². The molecule has 0 saturated carbocycles. The maximum atomic E-state index is 11.8. The number of esters is 1. The van der Waals surface area contributed by atoms with Crippen LogP contribution in [0, 0.1) is 10.1 Å². The van der Waals surface area contributed by atoms with Crippen LogP contribution in [0.5, 0.6) is 5.75 Å². The van der Waals surface area contributed by atoms with Crippen molar-refractivity contribution >= 4 is 11.7 Å². The Labute approximate surface area is 192 Å². The summed E-state index contributed by atoms with van der Waals surface area (Å²) in [6.07, 6.45) is -2.71. The first-order chi connectivity index (χ1) is 15.9. The number of benzene rings is 2. The number of rotatable bonds is 10. The molecule has 1 aliphatic rings. The van der Waals surface area contributed by atoms with Gasteiger partial charge in [-0.15, -0.1) is 0 Å². The topological polar surface area (TPSA) is 106 Å². The van der Waals surface area contributed by atoms with Crippen LogP contribution in [0.15, 0.2) is 54.6 Å². The Morgan fingerprint density at radius 2 is 1.73 bits per heavy atom. The van der Waals surface area contributed by atoms with Gasteiger partial charge in [-0.05, 0) is 31.0 Å². The molecule has 0 bridgehead atoms. The normalized spacial score (nSPS) is 24.8. The van der Waals surface area contributed by atoms with E-state index in [0.29, 0.717) is 12.4 Å². The van der Waals surface area contributed by atoms with Gasteiger partial charge >= 0.3 is 5.97 Å². The van der Waals surface area contributed by atoms with Crippen molar-refractivity contribution in [1.29, 1.82) is 0 Å². The summed E-state index contributed by atoms with van der Waals surface area (Å²) in [7, 11) is 0. The summed E-state index contributed by atoms with van der Waals surface area (Å²) in [5.41, 5.74) is 0.903. The van der Waals surface area contributed by atoms with E-state index in [1.165, 1.54) is 31.2 Å². The molecule has 33 heavy (non-hydrogen) atoms. The smallest absolute Gasteiger partial charge is 0.303 e. The van der Waals surface area contributed by atoms with Gasteiger partial charge in [0.1, 0.15) is 18.0 Å². The number of hydrogen-bond acceptors (Lipinski definition) is 8. The molecule has 0 N–H and O–H groups in total. The second kappa shape index (κ2) is 11.7. The zero-order valence-corrected chi connectivity index (χ0v) is 18.9. The molecule has 2 aromatic rings. The van der Waals surface area contributed by atoms with Crippen molar-refractivity contribution in [3.8, 4) is 5.75 Å². The molecule has 3 rings (SSSR count). The zero-order chi connectivity index (χ0) is 23.8. The standard InChI is InChI=1S/C24H29NO8/c1-4-14-29-22-21(32-17(3)26)16(2)31-24(23(22)30-15-18-8-6-5-7-9-18)33-20-12-10-19(11-13-20)25(27)28/h5-13,16,21-24H,4,14-15H2,1-3H3/t16-,21+,22+,23-,24+/m0/s1. The molecular weight excluding hydrogens is 430 g/mol. The lowest BCUT2D eigenvalue weighted by Gasteiger charge is -2.44. The highest BCUT2D eigenvalue weighted by Crippen LogP contribution is 2.31. The fourth-order valence-electron chi connectivity index (χ4n) is 3.59. The van der Waals surface area contributed by atoms with Crippen LogP contribution >= 0.6 is 0 Å². The van der Waals surface area contributed by atoms with Crippen LogP contribution in [0.1, 0.15) is 32.8 Å². The molecule has 1 fully saturated rings. The molecule has 9 heteroatoms. The number of nitro groups is 1. The van der Waals surface area contributed by atoms with Crippen LogP contribution in [0.4, 0.5) is 5.69 Å². The predicted molar refractivity (Wildman–Crippen MR) is 119 cm³/mol. The highest BCUT2D eigenvalue weighted by Gasteiger charge is 2.49. The number of ether oxygens (including phenoxy) is 5. The maximum Gasteiger partial charge on any atom is 0.303 e. The first kappa shape index (κ1) is 24.6. The quantitative estimate of drug-likeness (QED) is 0.298. The predicted octanol–water partition coefficient (Wildman–Crippen LogP) is 4.03. The molecule has 1 aliphatic heterocycles. The molecule has 1 saturated heterocycles. The molecule has 5 atom stereocenters. The van der Waals surface area contributed by atoms with Gasteiger partial charge in [-0.25, -0.2) is 0 Å². The van der Waals surface area contributed by atoms with E-state index in [-0.39, 0.29) is 12.3 Å². The van der Waals surface area contributed by atoms with Crippen molar-refractivity contribution in [3.05, 3.63) is 70.3 Å². The van der Waals surface area contributed by atoms with Gasteiger partial charge in [0.2, 0.25) is 6.29 Å². The van der Waals surface area contributed by atoms with Crippen molar-refractivity contribution in [3.63, 3.8) is 0 Å². The molecule has 2 aromatic carbocycles. The molecule has 178 valence electrons. The number of nitrogens with zero attached hydrogens (tertiary/aromatic N) is 1. The summed E-state index contributed by atoms with van der Waals surface area (Å²) in [6.45, 7) is 5.79. The number of non-ortho nitro benzene ring substituents is 1. The van der Waals surface area contributed by atoms with Crippen LogP contribution < -0.4 is 4.74 Å². The van der Waals surface area contributed by atoms with E-state index in [9.17, 15) is 14.9 Å². The van der Waals surface area contributed by atoms with Gasteiger partial charge in [0.25, 0.3) is 5.69 Å². The van der Waals surface area contributed by atoms with Gasteiger partial charge in [-0.3, -0.25) is 14.9 Å². The Morgan fingerprint density at radius 3 is 2.33 bits per heavy atom. The van der Waals surface area contributed by atoms with Gasteiger partial charge in [0, 0.05) is 25.7 Å². The van der Waals surface area contributed by atoms with E-state index >= 15 is 0 Å². The number of carbonyl (C=O) groups is 1. The molecule has 0 aliphatic carbocycles. The number of carbonyl (C=O) groups excluding carboxylic acids is 1. The molecule has 0 amide bonds. The van der Waals surface area contributed by atoms with Gasteiger partial charge in [-0.1, -0.05) is 37.3 Å². The second-order valence-corrected chi connectivity index (χ2v) is 7.75. The van der Waals surface area contributed by atoms with E-state index in [1.807, 2.05) is 37.3 Å². The van der Waals surface area contributed by atoms with Crippen LogP contribution in [0.3, 0.4) is 0 Å². The van der Waals surface area contributed by atoms with Gasteiger partial charge < -0.3 is 23.7 Å². The summed E-state index contributed by atoms with van der Waals surface area (Å²) in [4.78, 5) is 22.2. The van der Waals surface area contributed by atoms with Crippen molar-refractivity contribution in [2.45, 2.75) is 64.5 Å². The largest absolute Gasteiger partial charge is 0.462 e. The molecule has 0 aromatic heterocycles. The Morgan fingerprint density at radius 1 is 1.03 bits per heavy atom. The van der Waals surface area contributed by atoms with Crippen LogP contribution in [-0.4, -0.2) is 48.2 Å². The Bertz CT molecular complexity index is 904. The second-order valence-electron chi connectivity index (χ2n) is 7.75. The van der Waals surface area contributed by atoms with E-state index in [0.717, 1.165) is 12.0 Å². The lowest BCUT2D eigenvalue weighted by atomic mass is 9.98. The SMILES string of the molecule is CCCO[C@H]1[C@H](OCc2ccccc2)[C@@H](Oc2ccc([N+](=O)[O-])cc2)O[C@@H](C)[C@H]1OC(C)=O. The van der Waals surface area contributed by atoms with E-state index in [2.05, 4.69) is 0 Å². The fraction of sp³-hybridized carbons (Fsp3) is 0.458. The van der Waals surface area contributed by atoms with E-state index in [1.54, 1.807) is 6.92 Å². The number of hydrogen-bond donors (Lipinski definition) is 0. The molecule has 1 heterocycles. The van der Waals surface area contributed by atoms with E-state index < -0.39 is 41.6 Å². The fourth-order valence-corrected chi connectivity index (χ4v) is 3.59. The van der Waals surface area contributed by atoms with Crippen molar-refractivity contribution < 1.29 is 33.4 Å². The Balaban J connectivity index is 1.86. The lowest BCUT2D eigenvalue weighted by Crippen LogP contribution is -2.61. The minimum absolute atomic E-state index is 0.0452. The molecule has 9 nitrogen and oxygen atoms in total. The van der Waals surface area contributed by atoms with Crippen LogP contribution in [-0.2, 0) is 30.3 Å². The monoisotopic (exact) mass is 459 g/mol. The highest BCUT2D eigenvalue weighted by molar-refractivity contribution is 5.66. The molecular formula is C24H29NO8. The van der Waals surface area contributed by atoms with Crippen molar-refractivity contribution in [2.24, 2.45) is 0 Å². The summed E-state index contributed by atoms with van der Waals surface area (Å²) in [5.74, 6) is -0.0663. The maximum absolute atomic E-state index is 11.8. The van der Waals surface area contributed by atoms with E-state index in [4.69, 9.17) is 23.7 Å². The van der Waals surface area contributed by atoms with Crippen LogP contribution in [0.25, 0.3) is 0 Å². The number of nitro benzene ring substituents is 1.